The van der Waals surface area contributed by atoms with E-state index in [0.717, 1.165) is 12.4 Å². The van der Waals surface area contributed by atoms with E-state index >= 15 is 0 Å². The Bertz CT molecular complexity index is 905. The molecule has 0 N–H and O–H groups in total. The zero-order valence-corrected chi connectivity index (χ0v) is 28.6. The predicted octanol–water partition coefficient (Wildman–Crippen LogP) is 13.7. The quantitative estimate of drug-likeness (QED) is 0.105. The minimum absolute atomic E-state index is 0.170. The van der Waals surface area contributed by atoms with E-state index in [0.29, 0.717) is 0 Å². The summed E-state index contributed by atoms with van der Waals surface area (Å²) in [5.41, 5.74) is 4.70. The fraction of sp³-hybridized carbons (Fsp3) is 0.714. The van der Waals surface area contributed by atoms with Crippen molar-refractivity contribution in [1.29, 1.82) is 0 Å². The summed E-state index contributed by atoms with van der Waals surface area (Å²) in [7, 11) is 0. The molecule has 1 aliphatic rings. The molecule has 0 atom stereocenters. The monoisotopic (exact) mass is 589 g/mol. The summed E-state index contributed by atoms with van der Waals surface area (Å²) in [6, 6.07) is 19.0. The highest BCUT2D eigenvalue weighted by Gasteiger charge is 2.35. The number of hydrogen-bond donors (Lipinski definition) is 0. The third-order valence-corrected chi connectivity index (χ3v) is 10.2. The van der Waals surface area contributed by atoms with Crippen LogP contribution in [-0.4, -0.2) is 6.61 Å². The molecule has 0 aliphatic heterocycles. The number of unbranched alkanes of at least 4 members (excludes halogenated alkanes) is 18. The lowest BCUT2D eigenvalue weighted by Gasteiger charge is -2.39. The number of aryl methyl sites for hydroxylation is 1. The van der Waals surface area contributed by atoms with Crippen LogP contribution in [0.2, 0.25) is 0 Å². The highest BCUT2D eigenvalue weighted by atomic mass is 16.5. The van der Waals surface area contributed by atoms with Gasteiger partial charge in [0.1, 0.15) is 5.75 Å². The van der Waals surface area contributed by atoms with E-state index in [2.05, 4.69) is 62.4 Å². The van der Waals surface area contributed by atoms with Gasteiger partial charge in [-0.1, -0.05) is 185 Å². The molecule has 2 aromatic carbocycles. The van der Waals surface area contributed by atoms with E-state index in [1.807, 2.05) is 0 Å². The van der Waals surface area contributed by atoms with Crippen molar-refractivity contribution in [3.63, 3.8) is 0 Å². The van der Waals surface area contributed by atoms with Crippen molar-refractivity contribution < 1.29 is 4.74 Å². The van der Waals surface area contributed by atoms with E-state index < -0.39 is 0 Å². The molecule has 0 aromatic heterocycles. The van der Waals surface area contributed by atoms with Gasteiger partial charge in [0.15, 0.2) is 0 Å². The summed E-state index contributed by atoms with van der Waals surface area (Å²) in [6.45, 7) is 5.44. The van der Waals surface area contributed by atoms with Crippen LogP contribution in [0.1, 0.15) is 191 Å². The zero-order chi connectivity index (χ0) is 30.3. The van der Waals surface area contributed by atoms with Gasteiger partial charge in [0, 0.05) is 5.41 Å². The van der Waals surface area contributed by atoms with Gasteiger partial charge in [-0.25, -0.2) is 0 Å². The molecule has 0 saturated heterocycles. The highest BCUT2D eigenvalue weighted by Crippen LogP contribution is 2.45. The Morgan fingerprint density at radius 3 is 1.37 bits per heavy atom. The first-order valence-corrected chi connectivity index (χ1v) is 19.1. The normalized spacial score (nSPS) is 14.7. The zero-order valence-electron chi connectivity index (χ0n) is 28.6. The minimum atomic E-state index is 0.170. The number of hydrogen-bond acceptors (Lipinski definition) is 1. The molecular formula is C42H68O. The molecule has 1 saturated carbocycles. The van der Waals surface area contributed by atoms with Crippen LogP contribution in [0.3, 0.4) is 0 Å². The predicted molar refractivity (Wildman–Crippen MR) is 190 cm³/mol. The Morgan fingerprint density at radius 1 is 0.465 bits per heavy atom. The molecule has 1 heteroatoms. The van der Waals surface area contributed by atoms with Gasteiger partial charge in [-0.15, -0.1) is 0 Å². The van der Waals surface area contributed by atoms with Gasteiger partial charge >= 0.3 is 0 Å². The lowest BCUT2D eigenvalue weighted by atomic mass is 9.65. The minimum Gasteiger partial charge on any atom is -0.494 e. The first-order valence-electron chi connectivity index (χ1n) is 19.1. The van der Waals surface area contributed by atoms with Gasteiger partial charge in [0.2, 0.25) is 0 Å². The summed E-state index contributed by atoms with van der Waals surface area (Å²) >= 11 is 0. The van der Waals surface area contributed by atoms with Crippen LogP contribution in [0, 0.1) is 0 Å². The van der Waals surface area contributed by atoms with Crippen molar-refractivity contribution >= 4 is 0 Å². The van der Waals surface area contributed by atoms with Crippen LogP contribution in [0.5, 0.6) is 5.75 Å². The van der Waals surface area contributed by atoms with Crippen LogP contribution in [0.25, 0.3) is 0 Å². The van der Waals surface area contributed by atoms with E-state index in [1.54, 1.807) is 0 Å². The highest BCUT2D eigenvalue weighted by molar-refractivity contribution is 5.43. The Kier molecular flexibility index (Phi) is 18.9. The molecule has 0 spiro atoms. The maximum absolute atomic E-state index is 6.16. The lowest BCUT2D eigenvalue weighted by Crippen LogP contribution is -2.30. The smallest absolute Gasteiger partial charge is 0.119 e. The average molecular weight is 589 g/mol. The number of benzene rings is 2. The molecule has 43 heavy (non-hydrogen) atoms. The first-order chi connectivity index (χ1) is 21.3. The third kappa shape index (κ3) is 13.8. The van der Waals surface area contributed by atoms with Gasteiger partial charge in [-0.05, 0) is 60.9 Å². The van der Waals surface area contributed by atoms with Crippen molar-refractivity contribution in [3.8, 4) is 5.75 Å². The van der Waals surface area contributed by atoms with Crippen molar-refractivity contribution in [2.24, 2.45) is 0 Å². The lowest BCUT2D eigenvalue weighted by molar-refractivity contribution is 0.303. The van der Waals surface area contributed by atoms with Crippen molar-refractivity contribution in [3.05, 3.63) is 65.2 Å². The summed E-state index contributed by atoms with van der Waals surface area (Å²) < 4.78 is 6.16. The standard InChI is InChI=1S/C42H68O/c1-3-5-7-9-11-13-15-17-19-22-26-38-27-29-39(30-28-38)42(35-23-21-24-36-42)40-31-33-41(34-32-40)43-37-25-20-18-16-14-12-10-8-6-4-2/h27-34H,3-26,35-37H2,1-2H3. The van der Waals surface area contributed by atoms with Crippen LogP contribution >= 0.6 is 0 Å². The van der Waals surface area contributed by atoms with Crippen LogP contribution in [-0.2, 0) is 11.8 Å². The van der Waals surface area contributed by atoms with Gasteiger partial charge in [-0.3, -0.25) is 0 Å². The van der Waals surface area contributed by atoms with Crippen molar-refractivity contribution in [2.75, 3.05) is 6.61 Å². The second-order valence-corrected chi connectivity index (χ2v) is 13.8. The summed E-state index contributed by atoms with van der Waals surface area (Å²) in [5.74, 6) is 1.04. The third-order valence-electron chi connectivity index (χ3n) is 10.2. The Balaban J connectivity index is 1.38. The molecule has 1 fully saturated rings. The molecule has 1 aliphatic carbocycles. The van der Waals surface area contributed by atoms with E-state index in [-0.39, 0.29) is 5.41 Å². The molecule has 3 rings (SSSR count). The molecule has 0 amide bonds. The fourth-order valence-electron chi connectivity index (χ4n) is 7.36. The maximum Gasteiger partial charge on any atom is 0.119 e. The molecular weight excluding hydrogens is 520 g/mol. The molecule has 0 bridgehead atoms. The van der Waals surface area contributed by atoms with Gasteiger partial charge in [-0.2, -0.15) is 0 Å². The Labute approximate surface area is 268 Å². The summed E-state index contributed by atoms with van der Waals surface area (Å²) in [6.07, 6.45) is 35.6. The number of rotatable bonds is 25. The largest absolute Gasteiger partial charge is 0.494 e. The van der Waals surface area contributed by atoms with E-state index in [9.17, 15) is 0 Å². The van der Waals surface area contributed by atoms with Crippen LogP contribution in [0.15, 0.2) is 48.5 Å². The van der Waals surface area contributed by atoms with Crippen LogP contribution in [0.4, 0.5) is 0 Å². The molecule has 0 radical (unpaired) electrons. The average Bonchev–Trinajstić information content (AvgIpc) is 3.05. The second kappa shape index (κ2) is 22.7. The summed E-state index contributed by atoms with van der Waals surface area (Å²) in [4.78, 5) is 0. The fourth-order valence-corrected chi connectivity index (χ4v) is 7.36. The molecule has 1 nitrogen and oxygen atoms in total. The summed E-state index contributed by atoms with van der Waals surface area (Å²) in [5, 5.41) is 0. The van der Waals surface area contributed by atoms with E-state index in [1.165, 1.54) is 184 Å². The SMILES string of the molecule is CCCCCCCCCCCCOc1ccc(C2(c3ccc(CCCCCCCCCCCC)cc3)CCCCC2)cc1. The van der Waals surface area contributed by atoms with Gasteiger partial charge in [0.05, 0.1) is 6.61 Å². The topological polar surface area (TPSA) is 9.23 Å². The number of ether oxygens (including phenoxy) is 1. The van der Waals surface area contributed by atoms with Gasteiger partial charge in [0.25, 0.3) is 0 Å². The van der Waals surface area contributed by atoms with Gasteiger partial charge < -0.3 is 4.74 Å². The molecule has 242 valence electrons. The first kappa shape index (κ1) is 35.7. The Hall–Kier alpha value is -1.76. The Morgan fingerprint density at radius 2 is 0.884 bits per heavy atom. The van der Waals surface area contributed by atoms with E-state index in [4.69, 9.17) is 4.74 Å². The van der Waals surface area contributed by atoms with Crippen LogP contribution < -0.4 is 4.74 Å². The molecule has 2 aromatic rings. The van der Waals surface area contributed by atoms with Crippen molar-refractivity contribution in [2.45, 2.75) is 186 Å². The molecule has 0 unspecified atom stereocenters. The maximum atomic E-state index is 6.16. The van der Waals surface area contributed by atoms with Crippen molar-refractivity contribution in [1.82, 2.24) is 0 Å². The molecule has 0 heterocycles. The second-order valence-electron chi connectivity index (χ2n) is 13.8.